The van der Waals surface area contributed by atoms with Crippen LogP contribution in [-0.2, 0) is 0 Å². The maximum atomic E-state index is 6.11. The lowest BCUT2D eigenvalue weighted by atomic mass is 10.1. The van der Waals surface area contributed by atoms with E-state index in [1.54, 1.807) is 12.1 Å². The molecule has 1 unspecified atom stereocenters. The van der Waals surface area contributed by atoms with E-state index in [1.807, 2.05) is 0 Å². The predicted molar refractivity (Wildman–Crippen MR) is 61.4 cm³/mol. The van der Waals surface area contributed by atoms with Crippen molar-refractivity contribution in [1.29, 1.82) is 0 Å². The van der Waals surface area contributed by atoms with Crippen molar-refractivity contribution in [3.63, 3.8) is 0 Å². The minimum absolute atomic E-state index is 0.285. The zero-order chi connectivity index (χ0) is 10.1. The van der Waals surface area contributed by atoms with Gasteiger partial charge in [0, 0.05) is 26.7 Å². The molecule has 1 aliphatic rings. The van der Waals surface area contributed by atoms with Gasteiger partial charge in [0.25, 0.3) is 0 Å². The van der Waals surface area contributed by atoms with E-state index in [0.29, 0.717) is 15.1 Å². The quantitative estimate of drug-likeness (QED) is 0.792. The van der Waals surface area contributed by atoms with Gasteiger partial charge in [-0.05, 0) is 31.5 Å². The summed E-state index contributed by atoms with van der Waals surface area (Å²) in [4.78, 5) is 0. The number of benzene rings is 1. The summed E-state index contributed by atoms with van der Waals surface area (Å²) in [5.41, 5.74) is 0.982. The maximum absolute atomic E-state index is 6.11. The molecular weight excluding hydrogens is 240 g/mol. The van der Waals surface area contributed by atoms with Crippen LogP contribution in [0.15, 0.2) is 12.1 Å². The van der Waals surface area contributed by atoms with Gasteiger partial charge in [-0.15, -0.1) is 0 Å². The zero-order valence-corrected chi connectivity index (χ0v) is 9.76. The van der Waals surface area contributed by atoms with Crippen LogP contribution in [0.1, 0.15) is 24.4 Å². The molecular formula is C10H10Cl3N. The summed E-state index contributed by atoms with van der Waals surface area (Å²) >= 11 is 18.1. The molecule has 1 N–H and O–H groups in total. The highest BCUT2D eigenvalue weighted by atomic mass is 35.5. The lowest BCUT2D eigenvalue weighted by Crippen LogP contribution is -2.13. The van der Waals surface area contributed by atoms with Crippen LogP contribution in [-0.4, -0.2) is 6.54 Å². The molecule has 0 spiro atoms. The molecule has 1 aromatic carbocycles. The average molecular weight is 251 g/mol. The van der Waals surface area contributed by atoms with Crippen LogP contribution >= 0.6 is 34.8 Å². The van der Waals surface area contributed by atoms with Gasteiger partial charge in [-0.1, -0.05) is 34.8 Å². The molecule has 0 saturated carbocycles. The van der Waals surface area contributed by atoms with E-state index in [1.165, 1.54) is 6.42 Å². The fourth-order valence-corrected chi connectivity index (χ4v) is 2.90. The molecule has 4 heteroatoms. The monoisotopic (exact) mass is 249 g/mol. The number of nitrogens with one attached hydrogen (secondary N) is 1. The minimum atomic E-state index is 0.285. The second-order valence-corrected chi connectivity index (χ2v) is 4.68. The molecule has 1 aliphatic heterocycles. The summed E-state index contributed by atoms with van der Waals surface area (Å²) in [6.07, 6.45) is 2.25. The normalized spacial score (nSPS) is 21.5. The molecule has 1 fully saturated rings. The largest absolute Gasteiger partial charge is 0.310 e. The predicted octanol–water partition coefficient (Wildman–Crippen LogP) is 4.07. The van der Waals surface area contributed by atoms with Gasteiger partial charge >= 0.3 is 0 Å². The SMILES string of the molecule is Clc1cc(Cl)c(C2CCCN2)c(Cl)c1. The average Bonchev–Trinajstić information content (AvgIpc) is 2.54. The lowest BCUT2D eigenvalue weighted by Gasteiger charge is -2.14. The highest BCUT2D eigenvalue weighted by molar-refractivity contribution is 6.39. The Labute approximate surface area is 98.3 Å². The summed E-state index contributed by atoms with van der Waals surface area (Å²) in [6, 6.07) is 3.77. The second-order valence-electron chi connectivity index (χ2n) is 3.43. The van der Waals surface area contributed by atoms with E-state index in [9.17, 15) is 0 Å². The second kappa shape index (κ2) is 4.28. The van der Waals surface area contributed by atoms with Crippen LogP contribution in [0.2, 0.25) is 15.1 Å². The van der Waals surface area contributed by atoms with E-state index >= 15 is 0 Å². The first kappa shape index (κ1) is 10.6. The fourth-order valence-electron chi connectivity index (χ4n) is 1.82. The van der Waals surface area contributed by atoms with Crippen molar-refractivity contribution < 1.29 is 0 Å². The van der Waals surface area contributed by atoms with E-state index < -0.39 is 0 Å². The molecule has 1 saturated heterocycles. The van der Waals surface area contributed by atoms with Crippen molar-refractivity contribution in [3.8, 4) is 0 Å². The molecule has 76 valence electrons. The molecule has 14 heavy (non-hydrogen) atoms. The molecule has 1 atom stereocenters. The molecule has 0 amide bonds. The Morgan fingerprint density at radius 3 is 2.29 bits per heavy atom. The first-order valence-electron chi connectivity index (χ1n) is 4.56. The first-order valence-corrected chi connectivity index (χ1v) is 5.69. The number of rotatable bonds is 1. The van der Waals surface area contributed by atoms with E-state index in [0.717, 1.165) is 18.5 Å². The van der Waals surface area contributed by atoms with Crippen molar-refractivity contribution in [2.24, 2.45) is 0 Å². The molecule has 0 radical (unpaired) electrons. The van der Waals surface area contributed by atoms with Gasteiger partial charge in [-0.2, -0.15) is 0 Å². The zero-order valence-electron chi connectivity index (χ0n) is 7.49. The Morgan fingerprint density at radius 2 is 1.79 bits per heavy atom. The molecule has 0 aliphatic carbocycles. The highest BCUT2D eigenvalue weighted by Crippen LogP contribution is 2.36. The summed E-state index contributed by atoms with van der Waals surface area (Å²) in [6.45, 7) is 1.03. The Balaban J connectivity index is 2.40. The van der Waals surface area contributed by atoms with Gasteiger partial charge < -0.3 is 5.32 Å². The molecule has 0 bridgehead atoms. The van der Waals surface area contributed by atoms with Crippen molar-refractivity contribution in [3.05, 3.63) is 32.8 Å². The summed E-state index contributed by atoms with van der Waals surface area (Å²) < 4.78 is 0. The minimum Gasteiger partial charge on any atom is -0.310 e. The molecule has 1 heterocycles. The molecule has 1 nitrogen and oxygen atoms in total. The van der Waals surface area contributed by atoms with Crippen molar-refractivity contribution in [2.75, 3.05) is 6.54 Å². The first-order chi connectivity index (χ1) is 6.68. The smallest absolute Gasteiger partial charge is 0.0483 e. The third-order valence-electron chi connectivity index (χ3n) is 2.45. The maximum Gasteiger partial charge on any atom is 0.0483 e. The molecule has 0 aromatic heterocycles. The lowest BCUT2D eigenvalue weighted by molar-refractivity contribution is 0.648. The van der Waals surface area contributed by atoms with E-state index in [4.69, 9.17) is 34.8 Å². The van der Waals surface area contributed by atoms with Gasteiger partial charge in [-0.3, -0.25) is 0 Å². The Bertz CT molecular complexity index is 322. The third-order valence-corrected chi connectivity index (χ3v) is 3.30. The van der Waals surface area contributed by atoms with Crippen molar-refractivity contribution in [2.45, 2.75) is 18.9 Å². The van der Waals surface area contributed by atoms with E-state index in [-0.39, 0.29) is 6.04 Å². The van der Waals surface area contributed by atoms with Gasteiger partial charge in [0.2, 0.25) is 0 Å². The van der Waals surface area contributed by atoms with Crippen LogP contribution in [0.25, 0.3) is 0 Å². The van der Waals surface area contributed by atoms with Crippen LogP contribution < -0.4 is 5.32 Å². The van der Waals surface area contributed by atoms with Gasteiger partial charge in [-0.25, -0.2) is 0 Å². The van der Waals surface area contributed by atoms with Crippen molar-refractivity contribution in [1.82, 2.24) is 5.32 Å². The Morgan fingerprint density at radius 1 is 1.14 bits per heavy atom. The van der Waals surface area contributed by atoms with Crippen LogP contribution in [0, 0.1) is 0 Å². The fraction of sp³-hybridized carbons (Fsp3) is 0.400. The Hall–Kier alpha value is 0.0500. The number of hydrogen-bond donors (Lipinski definition) is 1. The summed E-state index contributed by atoms with van der Waals surface area (Å²) in [5.74, 6) is 0. The van der Waals surface area contributed by atoms with Gasteiger partial charge in [0.15, 0.2) is 0 Å². The van der Waals surface area contributed by atoms with Gasteiger partial charge in [0.05, 0.1) is 0 Å². The standard InChI is InChI=1S/C10H10Cl3N/c11-6-4-7(12)10(8(13)5-6)9-2-1-3-14-9/h4-5,9,14H,1-3H2. The van der Waals surface area contributed by atoms with Crippen molar-refractivity contribution >= 4 is 34.8 Å². The van der Waals surface area contributed by atoms with Crippen LogP contribution in [0.3, 0.4) is 0 Å². The topological polar surface area (TPSA) is 12.0 Å². The third kappa shape index (κ3) is 2.01. The summed E-state index contributed by atoms with van der Waals surface area (Å²) in [7, 11) is 0. The van der Waals surface area contributed by atoms with Gasteiger partial charge in [0.1, 0.15) is 0 Å². The highest BCUT2D eigenvalue weighted by Gasteiger charge is 2.21. The van der Waals surface area contributed by atoms with E-state index in [2.05, 4.69) is 5.32 Å². The summed E-state index contributed by atoms with van der Waals surface area (Å²) in [5, 5.41) is 5.26. The van der Waals surface area contributed by atoms with Crippen LogP contribution in [0.4, 0.5) is 0 Å². The van der Waals surface area contributed by atoms with Crippen LogP contribution in [0.5, 0.6) is 0 Å². The molecule has 1 aromatic rings. The number of hydrogen-bond acceptors (Lipinski definition) is 1. The molecule has 2 rings (SSSR count). The Kier molecular flexibility index (Phi) is 3.23. The number of halogens is 3.